The molecule has 0 saturated heterocycles. The largest absolute Gasteiger partial charge is 0.497 e. The van der Waals surface area contributed by atoms with E-state index in [0.29, 0.717) is 11.5 Å². The maximum absolute atomic E-state index is 14.8. The Morgan fingerprint density at radius 3 is 2.14 bits per heavy atom. The molecule has 5 rings (SSSR count). The highest BCUT2D eigenvalue weighted by molar-refractivity contribution is 6.36. The van der Waals surface area contributed by atoms with Crippen LogP contribution in [0.3, 0.4) is 0 Å². The highest BCUT2D eigenvalue weighted by Crippen LogP contribution is 2.46. The molecule has 49 heavy (non-hydrogen) atoms. The minimum atomic E-state index is -4.84. The first-order valence-electron chi connectivity index (χ1n) is 15.0. The maximum Gasteiger partial charge on any atom is 0.418 e. The van der Waals surface area contributed by atoms with Crippen molar-refractivity contribution in [1.82, 2.24) is 15.0 Å². The van der Waals surface area contributed by atoms with Crippen molar-refractivity contribution in [3.8, 4) is 34.6 Å². The molecule has 0 radical (unpaired) electrons. The van der Waals surface area contributed by atoms with Gasteiger partial charge in [-0.2, -0.15) is 18.4 Å². The lowest BCUT2D eigenvalue weighted by Gasteiger charge is -2.27. The zero-order valence-corrected chi connectivity index (χ0v) is 27.5. The van der Waals surface area contributed by atoms with Gasteiger partial charge in [-0.15, -0.1) is 0 Å². The van der Waals surface area contributed by atoms with Crippen LogP contribution in [0.1, 0.15) is 28.7 Å². The van der Waals surface area contributed by atoms with E-state index in [1.54, 1.807) is 38.5 Å². The van der Waals surface area contributed by atoms with Crippen molar-refractivity contribution >= 4 is 28.3 Å². The first-order valence-corrected chi connectivity index (χ1v) is 15.4. The average molecular weight is 693 g/mol. The molecular weight excluding hydrogens is 661 g/mol. The van der Waals surface area contributed by atoms with Crippen LogP contribution < -0.4 is 30.4 Å². The Bertz CT molecular complexity index is 2000. The quantitative estimate of drug-likeness (QED) is 0.144. The van der Waals surface area contributed by atoms with Gasteiger partial charge >= 0.3 is 6.18 Å². The number of fused-ring (bicyclic) bond motifs is 1. The lowest BCUT2D eigenvalue weighted by Crippen LogP contribution is -2.27. The number of nitriles is 1. The zero-order valence-electron chi connectivity index (χ0n) is 26.8. The molecule has 0 fully saturated rings. The van der Waals surface area contributed by atoms with Crippen LogP contribution in [-0.4, -0.2) is 41.8 Å². The molecule has 0 unspecified atom stereocenters. The summed E-state index contributed by atoms with van der Waals surface area (Å²) >= 11 is 6.82. The molecule has 0 aliphatic heterocycles. The van der Waals surface area contributed by atoms with Crippen LogP contribution in [0.4, 0.5) is 19.0 Å². The summed E-state index contributed by atoms with van der Waals surface area (Å²) < 4.78 is 60.9. The molecule has 14 heteroatoms. The average Bonchev–Trinajstić information content (AvgIpc) is 3.07. The summed E-state index contributed by atoms with van der Waals surface area (Å²) in [7, 11) is 3.12. The fourth-order valence-corrected chi connectivity index (χ4v) is 5.63. The van der Waals surface area contributed by atoms with Crippen molar-refractivity contribution in [3.05, 3.63) is 105 Å². The number of benzene rings is 3. The van der Waals surface area contributed by atoms with E-state index in [4.69, 9.17) is 36.8 Å². The van der Waals surface area contributed by atoms with Gasteiger partial charge in [-0.3, -0.25) is 4.79 Å². The maximum atomic E-state index is 14.8. The standard InChI is InChI=1S/C35H32ClF3N6O4/c1-20-14-28(45(16-21-4-8-24(47-2)9-5-21)17-22-6-10-25(48-3)11-7-22)44-32(30(20)35(37,38)39)26-15-27-29(34(46)43-19-42-27)33(31(26)36)49-18-23(41)12-13-40/h4-11,14-15,19,23H,12,16-18,41H2,1-3H3,(H,42,43,46)/t23-/m0/s1. The predicted octanol–water partition coefficient (Wildman–Crippen LogP) is 6.81. The van der Waals surface area contributed by atoms with Crippen molar-refractivity contribution < 1.29 is 27.4 Å². The highest BCUT2D eigenvalue weighted by Gasteiger charge is 2.38. The van der Waals surface area contributed by atoms with Gasteiger partial charge in [-0.25, -0.2) is 9.97 Å². The summed E-state index contributed by atoms with van der Waals surface area (Å²) in [5, 5.41) is 8.66. The molecule has 10 nitrogen and oxygen atoms in total. The van der Waals surface area contributed by atoms with Crippen molar-refractivity contribution in [2.45, 2.75) is 38.7 Å². The molecule has 0 aliphatic carbocycles. The number of hydrogen-bond acceptors (Lipinski definition) is 9. The molecule has 3 aromatic carbocycles. The monoisotopic (exact) mass is 692 g/mol. The number of H-pyrrole nitrogens is 1. The van der Waals surface area contributed by atoms with Crippen molar-refractivity contribution in [3.63, 3.8) is 0 Å². The molecule has 1 atom stereocenters. The number of ether oxygens (including phenoxy) is 3. The summed E-state index contributed by atoms with van der Waals surface area (Å²) in [6.45, 7) is 1.67. The third kappa shape index (κ3) is 7.88. The first kappa shape index (κ1) is 35.0. The van der Waals surface area contributed by atoms with E-state index < -0.39 is 29.0 Å². The molecule has 0 bridgehead atoms. The number of alkyl halides is 3. The molecule has 0 saturated carbocycles. The van der Waals surface area contributed by atoms with Crippen LogP contribution in [0.5, 0.6) is 17.2 Å². The molecule has 2 aromatic heterocycles. The van der Waals surface area contributed by atoms with Crippen LogP contribution in [-0.2, 0) is 19.3 Å². The number of anilines is 1. The minimum absolute atomic E-state index is 0.0262. The first-order chi connectivity index (χ1) is 23.4. The third-order valence-electron chi connectivity index (χ3n) is 7.75. The normalized spacial score (nSPS) is 12.0. The molecule has 0 spiro atoms. The Morgan fingerprint density at radius 1 is 1.02 bits per heavy atom. The number of pyridine rings is 1. The number of nitrogens with two attached hydrogens (primary N) is 1. The molecule has 254 valence electrons. The molecule has 0 aliphatic rings. The van der Waals surface area contributed by atoms with Gasteiger partial charge in [-0.1, -0.05) is 35.9 Å². The Labute approximate surface area is 284 Å². The SMILES string of the molecule is COc1ccc(CN(Cc2ccc(OC)cc2)c2cc(C)c(C(F)(F)F)c(-c3cc4nc[nH]c(=O)c4c(OC[C@@H](N)CC#N)c3Cl)n2)cc1. The Kier molecular flexibility index (Phi) is 10.6. The van der Waals surface area contributed by atoms with Crippen LogP contribution in [0.15, 0.2) is 71.8 Å². The number of hydrogen-bond donors (Lipinski definition) is 2. The van der Waals surface area contributed by atoms with Crippen LogP contribution in [0, 0.1) is 18.3 Å². The van der Waals surface area contributed by atoms with E-state index in [0.717, 1.165) is 17.5 Å². The van der Waals surface area contributed by atoms with Gasteiger partial charge in [-0.05, 0) is 60.0 Å². The molecular formula is C35H32ClF3N6O4. The second kappa shape index (κ2) is 14.8. The summed E-state index contributed by atoms with van der Waals surface area (Å²) in [6.07, 6.45) is -3.78. The zero-order chi connectivity index (χ0) is 35.3. The second-order valence-corrected chi connectivity index (χ2v) is 11.6. The van der Waals surface area contributed by atoms with Gasteiger partial charge < -0.3 is 29.8 Å². The van der Waals surface area contributed by atoms with Gasteiger partial charge in [0.05, 0.1) is 60.9 Å². The van der Waals surface area contributed by atoms with Crippen LogP contribution in [0.2, 0.25) is 5.02 Å². The van der Waals surface area contributed by atoms with Crippen molar-refractivity contribution in [1.29, 1.82) is 5.26 Å². The van der Waals surface area contributed by atoms with E-state index in [9.17, 15) is 18.0 Å². The summed E-state index contributed by atoms with van der Waals surface area (Å²) in [4.78, 5) is 26.0. The van der Waals surface area contributed by atoms with Gasteiger partial charge in [0.25, 0.3) is 5.56 Å². The summed E-state index contributed by atoms with van der Waals surface area (Å²) in [6, 6.07) is 18.5. The van der Waals surface area contributed by atoms with Crippen molar-refractivity contribution in [2.75, 3.05) is 25.7 Å². The fourth-order valence-electron chi connectivity index (χ4n) is 5.34. The lowest BCUT2D eigenvalue weighted by atomic mass is 9.99. The number of methoxy groups -OCH3 is 2. The molecule has 2 heterocycles. The smallest absolute Gasteiger partial charge is 0.418 e. The van der Waals surface area contributed by atoms with Crippen LogP contribution >= 0.6 is 11.6 Å². The Hall–Kier alpha value is -5.32. The van der Waals surface area contributed by atoms with Gasteiger partial charge in [0, 0.05) is 18.7 Å². The summed E-state index contributed by atoms with van der Waals surface area (Å²) in [5.74, 6) is 1.33. The van der Waals surface area contributed by atoms with E-state index in [1.807, 2.05) is 35.2 Å². The molecule has 5 aromatic rings. The van der Waals surface area contributed by atoms with E-state index in [1.165, 1.54) is 19.1 Å². The lowest BCUT2D eigenvalue weighted by molar-refractivity contribution is -0.137. The predicted molar refractivity (Wildman–Crippen MR) is 180 cm³/mol. The summed E-state index contributed by atoms with van der Waals surface area (Å²) in [5.41, 5.74) is 5.33. The number of halogens is 4. The number of aromatic amines is 1. The Balaban J connectivity index is 1.71. The third-order valence-corrected chi connectivity index (χ3v) is 8.13. The molecule has 0 amide bonds. The fraction of sp³-hybridized carbons (Fsp3) is 0.257. The highest BCUT2D eigenvalue weighted by atomic mass is 35.5. The van der Waals surface area contributed by atoms with Gasteiger partial charge in [0.1, 0.15) is 29.3 Å². The number of rotatable bonds is 12. The number of aryl methyl sites for hydroxylation is 1. The number of nitrogens with zero attached hydrogens (tertiary/aromatic N) is 4. The number of aromatic nitrogens is 3. The number of nitrogens with one attached hydrogen (secondary N) is 1. The molecule has 3 N–H and O–H groups in total. The van der Waals surface area contributed by atoms with Gasteiger partial charge in [0.2, 0.25) is 0 Å². The van der Waals surface area contributed by atoms with Crippen molar-refractivity contribution in [2.24, 2.45) is 5.73 Å². The topological polar surface area (TPSA) is 139 Å². The van der Waals surface area contributed by atoms with Gasteiger partial charge in [0.15, 0.2) is 5.75 Å². The van der Waals surface area contributed by atoms with E-state index in [-0.39, 0.29) is 64.7 Å². The second-order valence-electron chi connectivity index (χ2n) is 11.2. The minimum Gasteiger partial charge on any atom is -0.497 e. The Morgan fingerprint density at radius 2 is 1.61 bits per heavy atom. The van der Waals surface area contributed by atoms with E-state index in [2.05, 4.69) is 15.0 Å². The van der Waals surface area contributed by atoms with E-state index >= 15 is 0 Å². The van der Waals surface area contributed by atoms with Crippen LogP contribution in [0.25, 0.3) is 22.2 Å².